The minimum Gasteiger partial charge on any atom is -0.483 e. The summed E-state index contributed by atoms with van der Waals surface area (Å²) in [5.74, 6) is 1.10. The maximum Gasteiger partial charge on any atom is 0.262 e. The highest BCUT2D eigenvalue weighted by molar-refractivity contribution is 5.92. The Hall–Kier alpha value is -4.59. The average molecular weight is 451 g/mol. The van der Waals surface area contributed by atoms with E-state index in [1.54, 1.807) is 16.9 Å². The Morgan fingerprint density at radius 1 is 0.941 bits per heavy atom. The van der Waals surface area contributed by atoms with Crippen molar-refractivity contribution in [3.63, 3.8) is 0 Å². The number of fused-ring (bicyclic) bond motifs is 1. The van der Waals surface area contributed by atoms with E-state index in [2.05, 4.69) is 20.5 Å². The van der Waals surface area contributed by atoms with Crippen molar-refractivity contribution >= 4 is 17.2 Å². The van der Waals surface area contributed by atoms with Gasteiger partial charge in [0.05, 0.1) is 5.69 Å². The standard InChI is InChI=1S/C26H22N6O2/c1-17-6-7-18(2)23(14-17)34-16-25(33)28-21-5-3-4-20(15-21)22-8-9-24-29-30-26(32(24)31-22)19-10-12-27-13-11-19/h3-15H,16H2,1-2H3,(H,28,33). The fourth-order valence-electron chi connectivity index (χ4n) is 3.58. The minimum atomic E-state index is -0.236. The maximum absolute atomic E-state index is 12.5. The van der Waals surface area contributed by atoms with E-state index < -0.39 is 0 Å². The molecule has 0 saturated heterocycles. The monoisotopic (exact) mass is 450 g/mol. The first-order valence-corrected chi connectivity index (χ1v) is 10.8. The Kier molecular flexibility index (Phi) is 5.70. The summed E-state index contributed by atoms with van der Waals surface area (Å²) >= 11 is 0. The first-order valence-electron chi connectivity index (χ1n) is 10.8. The highest BCUT2D eigenvalue weighted by Gasteiger charge is 2.12. The zero-order chi connectivity index (χ0) is 23.5. The van der Waals surface area contributed by atoms with Gasteiger partial charge in [-0.05, 0) is 67.4 Å². The van der Waals surface area contributed by atoms with Gasteiger partial charge in [-0.1, -0.05) is 24.3 Å². The molecule has 0 saturated carbocycles. The largest absolute Gasteiger partial charge is 0.483 e. The average Bonchev–Trinajstić information content (AvgIpc) is 3.29. The van der Waals surface area contributed by atoms with E-state index in [0.29, 0.717) is 22.9 Å². The molecule has 3 aromatic heterocycles. The van der Waals surface area contributed by atoms with Gasteiger partial charge in [-0.2, -0.15) is 9.61 Å². The molecule has 5 rings (SSSR count). The second-order valence-electron chi connectivity index (χ2n) is 7.93. The number of nitrogens with zero attached hydrogens (tertiary/aromatic N) is 5. The number of hydrogen-bond donors (Lipinski definition) is 1. The Balaban J connectivity index is 1.34. The van der Waals surface area contributed by atoms with Crippen LogP contribution in [0.5, 0.6) is 5.75 Å². The van der Waals surface area contributed by atoms with Gasteiger partial charge in [-0.15, -0.1) is 10.2 Å². The zero-order valence-electron chi connectivity index (χ0n) is 18.8. The summed E-state index contributed by atoms with van der Waals surface area (Å²) in [5, 5.41) is 16.1. The number of amides is 1. The number of nitrogens with one attached hydrogen (secondary N) is 1. The van der Waals surface area contributed by atoms with Crippen LogP contribution in [0.25, 0.3) is 28.3 Å². The predicted octanol–water partition coefficient (Wildman–Crippen LogP) is 4.49. The molecule has 168 valence electrons. The van der Waals surface area contributed by atoms with Crippen molar-refractivity contribution in [2.45, 2.75) is 13.8 Å². The van der Waals surface area contributed by atoms with Crippen LogP contribution in [0.1, 0.15) is 11.1 Å². The molecule has 8 heteroatoms. The highest BCUT2D eigenvalue weighted by atomic mass is 16.5. The van der Waals surface area contributed by atoms with Crippen LogP contribution in [0.3, 0.4) is 0 Å². The van der Waals surface area contributed by atoms with E-state index in [4.69, 9.17) is 9.84 Å². The first kappa shape index (κ1) is 21.3. The minimum absolute atomic E-state index is 0.0747. The summed E-state index contributed by atoms with van der Waals surface area (Å²) in [6.07, 6.45) is 3.41. The van der Waals surface area contributed by atoms with Crippen LogP contribution in [-0.2, 0) is 4.79 Å². The van der Waals surface area contributed by atoms with Crippen molar-refractivity contribution in [2.24, 2.45) is 0 Å². The summed E-state index contributed by atoms with van der Waals surface area (Å²) in [5.41, 5.74) is 5.82. The van der Waals surface area contributed by atoms with Gasteiger partial charge in [0.15, 0.2) is 18.1 Å². The molecule has 8 nitrogen and oxygen atoms in total. The molecule has 1 amide bonds. The molecule has 34 heavy (non-hydrogen) atoms. The Morgan fingerprint density at radius 2 is 1.79 bits per heavy atom. The second kappa shape index (κ2) is 9.11. The van der Waals surface area contributed by atoms with Crippen molar-refractivity contribution in [2.75, 3.05) is 11.9 Å². The zero-order valence-corrected chi connectivity index (χ0v) is 18.8. The molecule has 1 N–H and O–H groups in total. The third-order valence-corrected chi connectivity index (χ3v) is 5.35. The van der Waals surface area contributed by atoms with E-state index >= 15 is 0 Å². The molecule has 0 aliphatic heterocycles. The van der Waals surface area contributed by atoms with E-state index in [1.165, 1.54) is 0 Å². The molecular formula is C26H22N6O2. The summed E-state index contributed by atoms with van der Waals surface area (Å²) in [6.45, 7) is 3.87. The topological polar surface area (TPSA) is 94.3 Å². The molecule has 0 aliphatic carbocycles. The number of benzene rings is 2. The maximum atomic E-state index is 12.5. The van der Waals surface area contributed by atoms with Gasteiger partial charge in [0.25, 0.3) is 5.91 Å². The summed E-state index contributed by atoms with van der Waals surface area (Å²) in [6, 6.07) is 20.9. The number of pyridine rings is 1. The van der Waals surface area contributed by atoms with E-state index in [0.717, 1.165) is 27.9 Å². The molecule has 3 heterocycles. The fourth-order valence-corrected chi connectivity index (χ4v) is 3.58. The molecule has 5 aromatic rings. The SMILES string of the molecule is Cc1ccc(C)c(OCC(=O)Nc2cccc(-c3ccc4nnc(-c5ccncc5)n4n3)c2)c1. The molecule has 0 atom stereocenters. The highest BCUT2D eigenvalue weighted by Crippen LogP contribution is 2.24. The lowest BCUT2D eigenvalue weighted by molar-refractivity contribution is -0.118. The van der Waals surface area contributed by atoms with Crippen molar-refractivity contribution in [1.29, 1.82) is 0 Å². The van der Waals surface area contributed by atoms with Gasteiger partial charge in [0.1, 0.15) is 5.75 Å². The Labute approximate surface area is 196 Å². The molecule has 2 aromatic carbocycles. The smallest absolute Gasteiger partial charge is 0.262 e. The number of aromatic nitrogens is 5. The molecule has 0 fully saturated rings. The summed E-state index contributed by atoms with van der Waals surface area (Å²) in [7, 11) is 0. The summed E-state index contributed by atoms with van der Waals surface area (Å²) in [4.78, 5) is 16.5. The fraction of sp³-hybridized carbons (Fsp3) is 0.115. The van der Waals surface area contributed by atoms with Crippen LogP contribution in [0.15, 0.2) is 79.1 Å². The molecule has 0 unspecified atom stereocenters. The van der Waals surface area contributed by atoms with Gasteiger partial charge in [-0.25, -0.2) is 0 Å². The number of ether oxygens (including phenoxy) is 1. The lowest BCUT2D eigenvalue weighted by Gasteiger charge is -2.11. The van der Waals surface area contributed by atoms with Gasteiger partial charge >= 0.3 is 0 Å². The van der Waals surface area contributed by atoms with Crippen molar-refractivity contribution in [3.05, 3.63) is 90.3 Å². The third kappa shape index (κ3) is 4.47. The summed E-state index contributed by atoms with van der Waals surface area (Å²) < 4.78 is 7.42. The molecular weight excluding hydrogens is 428 g/mol. The van der Waals surface area contributed by atoms with E-state index in [1.807, 2.05) is 80.6 Å². The number of hydrogen-bond acceptors (Lipinski definition) is 6. The van der Waals surface area contributed by atoms with Gasteiger partial charge < -0.3 is 10.1 Å². The first-order chi connectivity index (χ1) is 16.6. The second-order valence-corrected chi connectivity index (χ2v) is 7.93. The van der Waals surface area contributed by atoms with Crippen molar-refractivity contribution < 1.29 is 9.53 Å². The van der Waals surface area contributed by atoms with Gasteiger partial charge in [-0.3, -0.25) is 9.78 Å². The number of carbonyl (C=O) groups is 1. The Bertz CT molecular complexity index is 1480. The van der Waals surface area contributed by atoms with Crippen LogP contribution >= 0.6 is 0 Å². The molecule has 0 radical (unpaired) electrons. The Morgan fingerprint density at radius 3 is 2.65 bits per heavy atom. The van der Waals surface area contributed by atoms with Crippen LogP contribution in [0.2, 0.25) is 0 Å². The van der Waals surface area contributed by atoms with Crippen LogP contribution in [0.4, 0.5) is 5.69 Å². The third-order valence-electron chi connectivity index (χ3n) is 5.35. The predicted molar refractivity (Wildman–Crippen MR) is 129 cm³/mol. The number of anilines is 1. The molecule has 0 spiro atoms. The van der Waals surface area contributed by atoms with E-state index in [-0.39, 0.29) is 12.5 Å². The van der Waals surface area contributed by atoms with Crippen LogP contribution in [-0.4, -0.2) is 37.3 Å². The lowest BCUT2D eigenvalue weighted by atomic mass is 10.1. The van der Waals surface area contributed by atoms with Crippen molar-refractivity contribution in [1.82, 2.24) is 24.8 Å². The quantitative estimate of drug-likeness (QED) is 0.410. The molecule has 0 aliphatic rings. The van der Waals surface area contributed by atoms with E-state index in [9.17, 15) is 4.79 Å². The lowest BCUT2D eigenvalue weighted by Crippen LogP contribution is -2.20. The van der Waals surface area contributed by atoms with Crippen LogP contribution < -0.4 is 10.1 Å². The molecule has 0 bridgehead atoms. The van der Waals surface area contributed by atoms with Gasteiger partial charge in [0, 0.05) is 29.2 Å². The normalized spacial score (nSPS) is 10.9. The number of carbonyl (C=O) groups excluding carboxylic acids is 1. The number of rotatable bonds is 6. The van der Waals surface area contributed by atoms with Crippen molar-refractivity contribution in [3.8, 4) is 28.4 Å². The number of aryl methyl sites for hydroxylation is 2. The van der Waals surface area contributed by atoms with Gasteiger partial charge in [0.2, 0.25) is 0 Å². The van der Waals surface area contributed by atoms with Crippen LogP contribution in [0, 0.1) is 13.8 Å².